The summed E-state index contributed by atoms with van der Waals surface area (Å²) in [6, 6.07) is 2.15. The maximum atomic E-state index is 6.32. The number of fused-ring (bicyclic) bond motifs is 2. The number of hydrogen-bond acceptors (Lipinski definition) is 5. The van der Waals surface area contributed by atoms with Crippen molar-refractivity contribution in [2.24, 2.45) is 5.41 Å². The Labute approximate surface area is 148 Å². The molecule has 2 N–H and O–H groups in total. The highest BCUT2D eigenvalue weighted by atomic mass is 16.8. The summed E-state index contributed by atoms with van der Waals surface area (Å²) in [6.45, 7) is 10.2. The van der Waals surface area contributed by atoms with Gasteiger partial charge in [-0.3, -0.25) is 0 Å². The highest BCUT2D eigenvalue weighted by molar-refractivity contribution is 5.86. The zero-order valence-corrected chi connectivity index (χ0v) is 15.1. The van der Waals surface area contributed by atoms with Gasteiger partial charge in [0.15, 0.2) is 5.79 Å². The number of hydrogen-bond donors (Lipinski definition) is 1. The Hall–Kier alpha value is -1.92. The predicted molar refractivity (Wildman–Crippen MR) is 97.0 cm³/mol. The lowest BCUT2D eigenvalue weighted by molar-refractivity contribution is -0.168. The van der Waals surface area contributed by atoms with Crippen molar-refractivity contribution in [3.8, 4) is 0 Å². The minimum absolute atomic E-state index is 0.00314. The molecule has 4 atom stereocenters. The summed E-state index contributed by atoms with van der Waals surface area (Å²) in [6.07, 6.45) is 8.58. The number of nitrogen functional groups attached to an aromatic ring is 1. The van der Waals surface area contributed by atoms with E-state index >= 15 is 0 Å². The first-order chi connectivity index (χ1) is 11.8. The van der Waals surface area contributed by atoms with Gasteiger partial charge in [0.05, 0.1) is 17.5 Å². The molecular formula is C19H26N4O2. The van der Waals surface area contributed by atoms with Crippen molar-refractivity contribution in [1.82, 2.24) is 14.5 Å². The van der Waals surface area contributed by atoms with Crippen LogP contribution in [-0.4, -0.2) is 32.5 Å². The van der Waals surface area contributed by atoms with Gasteiger partial charge < -0.3 is 19.8 Å². The largest absolute Gasteiger partial charge is 0.383 e. The molecule has 2 aliphatic rings. The van der Waals surface area contributed by atoms with E-state index in [0.29, 0.717) is 5.82 Å². The average molecular weight is 342 g/mol. The molecular weight excluding hydrogens is 316 g/mol. The summed E-state index contributed by atoms with van der Waals surface area (Å²) >= 11 is 0. The normalized spacial score (nSPS) is 33.6. The molecule has 4 rings (SSSR count). The van der Waals surface area contributed by atoms with Gasteiger partial charge in [0.1, 0.15) is 23.9 Å². The van der Waals surface area contributed by atoms with Crippen LogP contribution in [0.25, 0.3) is 11.0 Å². The SMILES string of the molecule is C=CCC[C@@]1(C)C[C@@H](n2ccc3c(N)ncnc32)[C@@H]2OC(C)(C)O[C@@H]21. The number of allylic oxidation sites excluding steroid dienone is 1. The Bertz CT molecular complexity index is 815. The molecule has 2 aromatic heterocycles. The second-order valence-electron chi connectivity index (χ2n) is 7.99. The molecule has 6 nitrogen and oxygen atoms in total. The van der Waals surface area contributed by atoms with Crippen molar-refractivity contribution < 1.29 is 9.47 Å². The third-order valence-electron chi connectivity index (χ3n) is 5.69. The average Bonchev–Trinajstić information content (AvgIpc) is 3.19. The molecule has 2 aromatic rings. The third kappa shape index (κ3) is 2.55. The lowest BCUT2D eigenvalue weighted by Gasteiger charge is -2.31. The van der Waals surface area contributed by atoms with Gasteiger partial charge in [-0.2, -0.15) is 0 Å². The zero-order chi connectivity index (χ0) is 17.8. The molecule has 0 radical (unpaired) electrons. The minimum atomic E-state index is -0.569. The van der Waals surface area contributed by atoms with Crippen molar-refractivity contribution in [3.05, 3.63) is 31.2 Å². The monoisotopic (exact) mass is 342 g/mol. The second kappa shape index (κ2) is 5.54. The van der Waals surface area contributed by atoms with E-state index in [1.807, 2.05) is 32.2 Å². The van der Waals surface area contributed by atoms with Crippen LogP contribution in [0.15, 0.2) is 31.2 Å². The van der Waals surface area contributed by atoms with Crippen LogP contribution < -0.4 is 5.73 Å². The number of nitrogens with zero attached hydrogens (tertiary/aromatic N) is 3. The van der Waals surface area contributed by atoms with Crippen molar-refractivity contribution in [2.75, 3.05) is 5.73 Å². The number of ether oxygens (including phenoxy) is 2. The maximum absolute atomic E-state index is 6.32. The maximum Gasteiger partial charge on any atom is 0.163 e. The van der Waals surface area contributed by atoms with Crippen molar-refractivity contribution in [1.29, 1.82) is 0 Å². The zero-order valence-electron chi connectivity index (χ0n) is 15.1. The van der Waals surface area contributed by atoms with E-state index in [0.717, 1.165) is 30.3 Å². The van der Waals surface area contributed by atoms with Gasteiger partial charge >= 0.3 is 0 Å². The lowest BCUT2D eigenvalue weighted by atomic mass is 9.81. The summed E-state index contributed by atoms with van der Waals surface area (Å²) in [7, 11) is 0. The Balaban J connectivity index is 1.76. The molecule has 0 spiro atoms. The fourth-order valence-corrected chi connectivity index (χ4v) is 4.51. The van der Waals surface area contributed by atoms with Gasteiger partial charge in [0.25, 0.3) is 0 Å². The van der Waals surface area contributed by atoms with Gasteiger partial charge in [-0.15, -0.1) is 6.58 Å². The molecule has 0 unspecified atom stereocenters. The van der Waals surface area contributed by atoms with E-state index in [4.69, 9.17) is 15.2 Å². The van der Waals surface area contributed by atoms with Gasteiger partial charge in [-0.25, -0.2) is 9.97 Å². The predicted octanol–water partition coefficient (Wildman–Crippen LogP) is 3.45. The van der Waals surface area contributed by atoms with E-state index < -0.39 is 5.79 Å². The molecule has 0 amide bonds. The minimum Gasteiger partial charge on any atom is -0.383 e. The van der Waals surface area contributed by atoms with Crippen molar-refractivity contribution >= 4 is 16.9 Å². The van der Waals surface area contributed by atoms with Crippen molar-refractivity contribution in [3.63, 3.8) is 0 Å². The van der Waals surface area contributed by atoms with Crippen LogP contribution in [0.3, 0.4) is 0 Å². The van der Waals surface area contributed by atoms with Gasteiger partial charge in [-0.05, 0) is 44.6 Å². The van der Waals surface area contributed by atoms with Crippen LogP contribution in [0.2, 0.25) is 0 Å². The fraction of sp³-hybridized carbons (Fsp3) is 0.579. The Morgan fingerprint density at radius 2 is 2.16 bits per heavy atom. The number of nitrogens with two attached hydrogens (primary N) is 1. The van der Waals surface area contributed by atoms with Crippen molar-refractivity contribution in [2.45, 2.75) is 64.1 Å². The molecule has 134 valence electrons. The number of rotatable bonds is 4. The molecule has 1 aliphatic heterocycles. The molecule has 0 aromatic carbocycles. The van der Waals surface area contributed by atoms with Crippen LogP contribution in [0.1, 0.15) is 46.1 Å². The topological polar surface area (TPSA) is 75.2 Å². The smallest absolute Gasteiger partial charge is 0.163 e. The molecule has 0 bridgehead atoms. The third-order valence-corrected chi connectivity index (χ3v) is 5.69. The molecule has 1 saturated heterocycles. The first kappa shape index (κ1) is 16.5. The number of anilines is 1. The highest BCUT2D eigenvalue weighted by Crippen LogP contribution is 2.55. The molecule has 6 heteroatoms. The Morgan fingerprint density at radius 1 is 1.36 bits per heavy atom. The summed E-state index contributed by atoms with van der Waals surface area (Å²) in [5.41, 5.74) is 6.90. The van der Waals surface area contributed by atoms with E-state index in [1.165, 1.54) is 6.33 Å². The van der Waals surface area contributed by atoms with E-state index in [-0.39, 0.29) is 23.7 Å². The van der Waals surface area contributed by atoms with Gasteiger partial charge in [0, 0.05) is 6.20 Å². The fourth-order valence-electron chi connectivity index (χ4n) is 4.51. The standard InChI is InChI=1S/C19H26N4O2/c1-5-6-8-19(4)10-13(14-15(19)25-18(2,3)24-14)23-9-7-12-16(20)21-11-22-17(12)23/h5,7,9,11,13-15H,1,6,8,10H2,2-4H3,(H2,20,21,22)/t13-,14+,15+,19+/m1/s1. The summed E-state index contributed by atoms with van der Waals surface area (Å²) in [5.74, 6) is -0.0583. The number of aromatic nitrogens is 3. The van der Waals surface area contributed by atoms with Crippen LogP contribution in [-0.2, 0) is 9.47 Å². The lowest BCUT2D eigenvalue weighted by Crippen LogP contribution is -2.33. The van der Waals surface area contributed by atoms with Gasteiger partial charge in [-0.1, -0.05) is 13.0 Å². The van der Waals surface area contributed by atoms with Gasteiger partial charge in [0.2, 0.25) is 0 Å². The van der Waals surface area contributed by atoms with Crippen LogP contribution in [0, 0.1) is 5.41 Å². The molecule has 25 heavy (non-hydrogen) atoms. The summed E-state index contributed by atoms with van der Waals surface area (Å²) in [4.78, 5) is 8.56. The summed E-state index contributed by atoms with van der Waals surface area (Å²) < 4.78 is 14.8. The Kier molecular flexibility index (Phi) is 3.67. The summed E-state index contributed by atoms with van der Waals surface area (Å²) in [5, 5.41) is 0.886. The molecule has 1 saturated carbocycles. The molecule has 1 aliphatic carbocycles. The van der Waals surface area contributed by atoms with Crippen LogP contribution >= 0.6 is 0 Å². The highest BCUT2D eigenvalue weighted by Gasteiger charge is 2.59. The van der Waals surface area contributed by atoms with E-state index in [2.05, 4.69) is 28.0 Å². The first-order valence-corrected chi connectivity index (χ1v) is 8.88. The second-order valence-corrected chi connectivity index (χ2v) is 7.99. The Morgan fingerprint density at radius 3 is 2.92 bits per heavy atom. The molecule has 2 fully saturated rings. The quantitative estimate of drug-likeness (QED) is 0.861. The van der Waals surface area contributed by atoms with E-state index in [9.17, 15) is 0 Å². The molecule has 3 heterocycles. The van der Waals surface area contributed by atoms with E-state index in [1.54, 1.807) is 0 Å². The van der Waals surface area contributed by atoms with Crippen LogP contribution in [0.4, 0.5) is 5.82 Å². The first-order valence-electron chi connectivity index (χ1n) is 8.88. The van der Waals surface area contributed by atoms with Crippen LogP contribution in [0.5, 0.6) is 0 Å².